The normalized spacial score (nSPS) is 20.3. The Morgan fingerprint density at radius 2 is 2.39 bits per heavy atom. The van der Waals surface area contributed by atoms with Crippen LogP contribution in [0.5, 0.6) is 5.75 Å². The lowest BCUT2D eigenvalue weighted by atomic mass is 10.2. The second-order valence-electron chi connectivity index (χ2n) is 4.96. The zero-order valence-electron chi connectivity index (χ0n) is 11.2. The highest BCUT2D eigenvalue weighted by Gasteiger charge is 2.21. The molecule has 1 aliphatic heterocycles. The number of nitrogens with zero attached hydrogens (tertiary/aromatic N) is 2. The van der Waals surface area contributed by atoms with E-state index in [-0.39, 0.29) is 0 Å². The van der Waals surface area contributed by atoms with Crippen molar-refractivity contribution in [3.63, 3.8) is 0 Å². The SMILES string of the molecule is CCCc1cc(OC[C@H]2CCCN2C)cnc1Cl. The average Bonchev–Trinajstić information content (AvgIpc) is 2.76. The zero-order valence-corrected chi connectivity index (χ0v) is 11.9. The molecule has 1 aromatic heterocycles. The van der Waals surface area contributed by atoms with Crippen LogP contribution in [0.1, 0.15) is 31.7 Å². The second-order valence-corrected chi connectivity index (χ2v) is 5.32. The van der Waals surface area contributed by atoms with E-state index in [9.17, 15) is 0 Å². The molecule has 2 heterocycles. The summed E-state index contributed by atoms with van der Waals surface area (Å²) in [4.78, 5) is 6.55. The molecule has 0 unspecified atom stereocenters. The third-order valence-electron chi connectivity index (χ3n) is 3.52. The number of halogens is 1. The molecular formula is C14H21ClN2O. The zero-order chi connectivity index (χ0) is 13.0. The highest BCUT2D eigenvalue weighted by atomic mass is 35.5. The third kappa shape index (κ3) is 3.36. The smallest absolute Gasteiger partial charge is 0.138 e. The molecule has 3 nitrogen and oxygen atoms in total. The Hall–Kier alpha value is -0.800. The predicted octanol–water partition coefficient (Wildman–Crippen LogP) is 3.16. The number of hydrogen-bond donors (Lipinski definition) is 0. The minimum Gasteiger partial charge on any atom is -0.490 e. The van der Waals surface area contributed by atoms with E-state index >= 15 is 0 Å². The molecule has 0 spiro atoms. The first-order valence-corrected chi connectivity index (χ1v) is 7.06. The van der Waals surface area contributed by atoms with Gasteiger partial charge in [-0.1, -0.05) is 24.9 Å². The van der Waals surface area contributed by atoms with Crippen molar-refractivity contribution in [2.45, 2.75) is 38.6 Å². The first-order chi connectivity index (χ1) is 8.70. The number of ether oxygens (including phenoxy) is 1. The van der Waals surface area contributed by atoms with E-state index in [1.54, 1.807) is 6.20 Å². The molecule has 18 heavy (non-hydrogen) atoms. The van der Waals surface area contributed by atoms with Crippen LogP contribution in [-0.4, -0.2) is 36.1 Å². The molecule has 4 heteroatoms. The lowest BCUT2D eigenvalue weighted by Crippen LogP contribution is -2.30. The molecule has 1 saturated heterocycles. The molecule has 100 valence electrons. The van der Waals surface area contributed by atoms with Crippen LogP contribution >= 0.6 is 11.6 Å². The first-order valence-electron chi connectivity index (χ1n) is 6.68. The maximum Gasteiger partial charge on any atom is 0.138 e. The van der Waals surface area contributed by atoms with Gasteiger partial charge in [-0.15, -0.1) is 0 Å². The fourth-order valence-electron chi connectivity index (χ4n) is 2.38. The minimum absolute atomic E-state index is 0.537. The molecule has 0 aliphatic carbocycles. The maximum atomic E-state index is 6.05. The summed E-state index contributed by atoms with van der Waals surface area (Å²) in [6, 6.07) is 2.56. The maximum absolute atomic E-state index is 6.05. The van der Waals surface area contributed by atoms with Gasteiger partial charge in [0.1, 0.15) is 17.5 Å². The minimum atomic E-state index is 0.537. The summed E-state index contributed by atoms with van der Waals surface area (Å²) in [6.45, 7) is 4.05. The molecule has 0 amide bonds. The number of aryl methyl sites for hydroxylation is 1. The summed E-state index contributed by atoms with van der Waals surface area (Å²) >= 11 is 6.05. The van der Waals surface area contributed by atoms with E-state index < -0.39 is 0 Å². The standard InChI is InChI=1S/C14H21ClN2O/c1-3-5-11-8-13(9-16-14(11)15)18-10-12-6-4-7-17(12)2/h8-9,12H,3-7,10H2,1-2H3/t12-/m1/s1. The second kappa shape index (κ2) is 6.39. The topological polar surface area (TPSA) is 25.4 Å². The number of pyridine rings is 1. The lowest BCUT2D eigenvalue weighted by Gasteiger charge is -2.19. The van der Waals surface area contributed by atoms with Crippen molar-refractivity contribution in [3.05, 3.63) is 23.0 Å². The number of aromatic nitrogens is 1. The van der Waals surface area contributed by atoms with Crippen LogP contribution in [0.4, 0.5) is 0 Å². The summed E-state index contributed by atoms with van der Waals surface area (Å²) in [6.07, 6.45) is 6.23. The van der Waals surface area contributed by atoms with Gasteiger partial charge in [-0.25, -0.2) is 4.98 Å². The van der Waals surface area contributed by atoms with Crippen molar-refractivity contribution >= 4 is 11.6 Å². The Balaban J connectivity index is 1.94. The summed E-state index contributed by atoms with van der Waals surface area (Å²) in [7, 11) is 2.16. The Bertz CT molecular complexity index is 397. The highest BCUT2D eigenvalue weighted by Crippen LogP contribution is 2.22. The molecule has 1 aromatic rings. The fourth-order valence-corrected chi connectivity index (χ4v) is 2.58. The van der Waals surface area contributed by atoms with Gasteiger partial charge in [0.2, 0.25) is 0 Å². The fraction of sp³-hybridized carbons (Fsp3) is 0.643. The van der Waals surface area contributed by atoms with Crippen LogP contribution in [0, 0.1) is 0 Å². The van der Waals surface area contributed by atoms with E-state index in [4.69, 9.17) is 16.3 Å². The van der Waals surface area contributed by atoms with Crippen molar-refractivity contribution in [3.8, 4) is 5.75 Å². The van der Waals surface area contributed by atoms with Gasteiger partial charge in [0.25, 0.3) is 0 Å². The number of rotatable bonds is 5. The largest absolute Gasteiger partial charge is 0.490 e. The van der Waals surface area contributed by atoms with Crippen LogP contribution in [-0.2, 0) is 6.42 Å². The van der Waals surface area contributed by atoms with Gasteiger partial charge in [0.05, 0.1) is 6.20 Å². The summed E-state index contributed by atoms with van der Waals surface area (Å²) in [5.74, 6) is 0.836. The van der Waals surface area contributed by atoms with Crippen molar-refractivity contribution in [2.24, 2.45) is 0 Å². The van der Waals surface area contributed by atoms with Gasteiger partial charge in [-0.05, 0) is 44.5 Å². The van der Waals surface area contributed by atoms with Crippen molar-refractivity contribution < 1.29 is 4.74 Å². The molecule has 0 radical (unpaired) electrons. The number of likely N-dealkylation sites (tertiary alicyclic amines) is 1. The first kappa shape index (κ1) is 13.6. The van der Waals surface area contributed by atoms with Crippen molar-refractivity contribution in [2.75, 3.05) is 20.2 Å². The van der Waals surface area contributed by atoms with Gasteiger partial charge < -0.3 is 9.64 Å². The molecule has 1 atom stereocenters. The average molecular weight is 269 g/mol. The van der Waals surface area contributed by atoms with Crippen LogP contribution in [0.3, 0.4) is 0 Å². The monoisotopic (exact) mass is 268 g/mol. The molecule has 1 aliphatic rings. The predicted molar refractivity (Wildman–Crippen MR) is 74.4 cm³/mol. The molecule has 1 fully saturated rings. The van der Waals surface area contributed by atoms with Gasteiger partial charge in [-0.2, -0.15) is 0 Å². The quantitative estimate of drug-likeness (QED) is 0.767. The molecule has 0 N–H and O–H groups in total. The Kier molecular flexibility index (Phi) is 4.84. The molecule has 2 rings (SSSR count). The van der Waals surface area contributed by atoms with Gasteiger partial charge >= 0.3 is 0 Å². The third-order valence-corrected chi connectivity index (χ3v) is 3.86. The van der Waals surface area contributed by atoms with Crippen LogP contribution in [0.25, 0.3) is 0 Å². The van der Waals surface area contributed by atoms with E-state index in [0.29, 0.717) is 11.2 Å². The van der Waals surface area contributed by atoms with Gasteiger partial charge in [0.15, 0.2) is 0 Å². The van der Waals surface area contributed by atoms with Crippen molar-refractivity contribution in [1.29, 1.82) is 0 Å². The number of likely N-dealkylation sites (N-methyl/N-ethyl adjacent to an activating group) is 1. The van der Waals surface area contributed by atoms with E-state index in [1.807, 2.05) is 6.07 Å². The summed E-state index contributed by atoms with van der Waals surface area (Å²) < 4.78 is 5.84. The Labute approximate surface area is 114 Å². The molecule has 0 bridgehead atoms. The van der Waals surface area contributed by atoms with Crippen LogP contribution < -0.4 is 4.74 Å². The Morgan fingerprint density at radius 3 is 3.06 bits per heavy atom. The lowest BCUT2D eigenvalue weighted by molar-refractivity contribution is 0.197. The number of hydrogen-bond acceptors (Lipinski definition) is 3. The highest BCUT2D eigenvalue weighted by molar-refractivity contribution is 6.30. The van der Waals surface area contributed by atoms with E-state index in [2.05, 4.69) is 23.9 Å². The molecule has 0 saturated carbocycles. The van der Waals surface area contributed by atoms with E-state index in [0.717, 1.165) is 30.8 Å². The van der Waals surface area contributed by atoms with Gasteiger partial charge in [-0.3, -0.25) is 0 Å². The van der Waals surface area contributed by atoms with Crippen molar-refractivity contribution in [1.82, 2.24) is 9.88 Å². The van der Waals surface area contributed by atoms with E-state index in [1.165, 1.54) is 19.4 Å². The van der Waals surface area contributed by atoms with Crippen LogP contribution in [0.2, 0.25) is 5.15 Å². The summed E-state index contributed by atoms with van der Waals surface area (Å²) in [5.41, 5.74) is 1.08. The molecule has 0 aromatic carbocycles. The van der Waals surface area contributed by atoms with Gasteiger partial charge in [0, 0.05) is 6.04 Å². The van der Waals surface area contributed by atoms with Crippen LogP contribution in [0.15, 0.2) is 12.3 Å². The summed E-state index contributed by atoms with van der Waals surface area (Å²) in [5, 5.41) is 0.599. The molecular weight excluding hydrogens is 248 g/mol. The Morgan fingerprint density at radius 1 is 1.56 bits per heavy atom.